The summed E-state index contributed by atoms with van der Waals surface area (Å²) in [4.78, 5) is 1.86. The Kier molecular flexibility index (Phi) is 4.21. The summed E-state index contributed by atoms with van der Waals surface area (Å²) in [5.41, 5.74) is 0. The lowest BCUT2D eigenvalue weighted by atomic mass is 9.86. The van der Waals surface area contributed by atoms with Crippen LogP contribution in [0.15, 0.2) is 0 Å². The van der Waals surface area contributed by atoms with E-state index in [1.165, 1.54) is 0 Å². The van der Waals surface area contributed by atoms with Gasteiger partial charge in [0.15, 0.2) is 0 Å². The topological polar surface area (TPSA) is 63.9 Å². The zero-order chi connectivity index (χ0) is 13.3. The number of halogens is 2. The van der Waals surface area contributed by atoms with Gasteiger partial charge in [-0.05, 0) is 18.8 Å². The van der Waals surface area contributed by atoms with Gasteiger partial charge in [-0.3, -0.25) is 4.90 Å². The van der Waals surface area contributed by atoms with E-state index in [1.807, 2.05) is 4.90 Å². The predicted octanol–water partition coefficient (Wildman–Crippen LogP) is 0.210. The molecule has 2 aliphatic rings. The molecule has 18 heavy (non-hydrogen) atoms. The van der Waals surface area contributed by atoms with Crippen molar-refractivity contribution in [2.75, 3.05) is 19.6 Å². The SMILES string of the molecule is O[C@H]1[C@H](O)CN(CC2CCC(F)(F)CC2)C[C@@H]1O. The summed E-state index contributed by atoms with van der Waals surface area (Å²) in [6.07, 6.45) is -2.19. The summed E-state index contributed by atoms with van der Waals surface area (Å²) in [6.45, 7) is 1.20. The molecule has 0 spiro atoms. The average molecular weight is 265 g/mol. The molecule has 1 aliphatic heterocycles. The Hall–Kier alpha value is -0.300. The molecule has 0 radical (unpaired) electrons. The van der Waals surface area contributed by atoms with Gasteiger partial charge in [0.25, 0.3) is 0 Å². The highest BCUT2D eigenvalue weighted by Gasteiger charge is 2.38. The van der Waals surface area contributed by atoms with Crippen LogP contribution in [0.5, 0.6) is 0 Å². The number of nitrogens with zero attached hydrogens (tertiary/aromatic N) is 1. The van der Waals surface area contributed by atoms with Crippen LogP contribution in [0.1, 0.15) is 25.7 Å². The number of piperidine rings is 1. The molecule has 1 aliphatic carbocycles. The van der Waals surface area contributed by atoms with Gasteiger partial charge in [0.2, 0.25) is 5.92 Å². The largest absolute Gasteiger partial charge is 0.389 e. The minimum Gasteiger partial charge on any atom is -0.389 e. The summed E-state index contributed by atoms with van der Waals surface area (Å²) < 4.78 is 26.0. The number of hydrogen-bond acceptors (Lipinski definition) is 4. The second kappa shape index (κ2) is 5.36. The number of hydrogen-bond donors (Lipinski definition) is 3. The highest BCUT2D eigenvalue weighted by atomic mass is 19.3. The van der Waals surface area contributed by atoms with E-state index in [0.29, 0.717) is 32.5 Å². The Morgan fingerprint density at radius 2 is 1.50 bits per heavy atom. The van der Waals surface area contributed by atoms with Crippen LogP contribution in [0.3, 0.4) is 0 Å². The Labute approximate surface area is 105 Å². The third-order valence-electron chi connectivity index (χ3n) is 4.03. The van der Waals surface area contributed by atoms with Crippen molar-refractivity contribution >= 4 is 0 Å². The second-order valence-electron chi connectivity index (χ2n) is 5.64. The first-order valence-electron chi connectivity index (χ1n) is 6.52. The fourth-order valence-corrected chi connectivity index (χ4v) is 2.87. The second-order valence-corrected chi connectivity index (χ2v) is 5.64. The van der Waals surface area contributed by atoms with E-state index in [9.17, 15) is 24.1 Å². The molecular weight excluding hydrogens is 244 g/mol. The molecule has 0 aromatic rings. The maximum absolute atomic E-state index is 13.0. The molecule has 0 aromatic heterocycles. The van der Waals surface area contributed by atoms with Crippen LogP contribution < -0.4 is 0 Å². The first kappa shape index (κ1) is 14.1. The molecule has 0 aromatic carbocycles. The fourth-order valence-electron chi connectivity index (χ4n) is 2.87. The van der Waals surface area contributed by atoms with E-state index in [2.05, 4.69) is 0 Å². The minimum atomic E-state index is -2.52. The minimum absolute atomic E-state index is 0.0702. The molecule has 1 heterocycles. The summed E-state index contributed by atoms with van der Waals surface area (Å²) in [6, 6.07) is 0. The van der Waals surface area contributed by atoms with Crippen LogP contribution in [0.4, 0.5) is 8.78 Å². The summed E-state index contributed by atoms with van der Waals surface area (Å²) in [7, 11) is 0. The first-order valence-corrected chi connectivity index (χ1v) is 6.52. The maximum Gasteiger partial charge on any atom is 0.248 e. The highest BCUT2D eigenvalue weighted by Crippen LogP contribution is 2.36. The van der Waals surface area contributed by atoms with Gasteiger partial charge >= 0.3 is 0 Å². The van der Waals surface area contributed by atoms with E-state index >= 15 is 0 Å². The normalized spacial score (nSPS) is 38.8. The molecule has 0 bridgehead atoms. The van der Waals surface area contributed by atoms with E-state index in [0.717, 1.165) is 0 Å². The predicted molar refractivity (Wildman–Crippen MR) is 61.4 cm³/mol. The molecular formula is C12H21F2NO3. The lowest BCUT2D eigenvalue weighted by molar-refractivity contribution is -0.115. The third kappa shape index (κ3) is 3.38. The van der Waals surface area contributed by atoms with Crippen molar-refractivity contribution in [3.63, 3.8) is 0 Å². The molecule has 2 rings (SSSR count). The van der Waals surface area contributed by atoms with Gasteiger partial charge in [0.1, 0.15) is 6.10 Å². The van der Waals surface area contributed by atoms with E-state index in [4.69, 9.17) is 0 Å². The maximum atomic E-state index is 13.0. The first-order chi connectivity index (χ1) is 8.37. The van der Waals surface area contributed by atoms with Crippen molar-refractivity contribution in [1.29, 1.82) is 0 Å². The number of alkyl halides is 2. The third-order valence-corrected chi connectivity index (χ3v) is 4.03. The zero-order valence-corrected chi connectivity index (χ0v) is 10.3. The summed E-state index contributed by atoms with van der Waals surface area (Å²) in [5.74, 6) is -2.33. The Morgan fingerprint density at radius 3 is 2.00 bits per heavy atom. The van der Waals surface area contributed by atoms with Crippen LogP contribution in [-0.2, 0) is 0 Å². The van der Waals surface area contributed by atoms with Crippen molar-refractivity contribution in [3.05, 3.63) is 0 Å². The number of aliphatic hydroxyl groups is 3. The molecule has 4 nitrogen and oxygen atoms in total. The van der Waals surface area contributed by atoms with Gasteiger partial charge in [-0.1, -0.05) is 0 Å². The van der Waals surface area contributed by atoms with Crippen LogP contribution in [0.2, 0.25) is 0 Å². The monoisotopic (exact) mass is 265 g/mol. The number of rotatable bonds is 2. The van der Waals surface area contributed by atoms with Crippen molar-refractivity contribution < 1.29 is 24.1 Å². The lowest BCUT2D eigenvalue weighted by Crippen LogP contribution is -2.56. The fraction of sp³-hybridized carbons (Fsp3) is 1.00. The van der Waals surface area contributed by atoms with Gasteiger partial charge < -0.3 is 15.3 Å². The Bertz CT molecular complexity index is 268. The molecule has 2 fully saturated rings. The van der Waals surface area contributed by atoms with Gasteiger partial charge in [0.05, 0.1) is 12.2 Å². The van der Waals surface area contributed by atoms with Crippen molar-refractivity contribution in [2.45, 2.75) is 49.9 Å². The van der Waals surface area contributed by atoms with E-state index in [1.54, 1.807) is 0 Å². The van der Waals surface area contributed by atoms with Gasteiger partial charge in [-0.15, -0.1) is 0 Å². The molecule has 1 saturated heterocycles. The number of aliphatic hydroxyl groups excluding tert-OH is 3. The molecule has 3 N–H and O–H groups in total. The van der Waals surface area contributed by atoms with Crippen LogP contribution in [0, 0.1) is 5.92 Å². The van der Waals surface area contributed by atoms with Crippen LogP contribution >= 0.6 is 0 Å². The lowest BCUT2D eigenvalue weighted by Gasteiger charge is -2.39. The van der Waals surface area contributed by atoms with Gasteiger partial charge in [0, 0.05) is 32.5 Å². The molecule has 0 amide bonds. The average Bonchev–Trinajstić information content (AvgIpc) is 2.29. The van der Waals surface area contributed by atoms with Gasteiger partial charge in [-0.25, -0.2) is 8.78 Å². The van der Waals surface area contributed by atoms with Crippen molar-refractivity contribution in [3.8, 4) is 0 Å². The highest BCUT2D eigenvalue weighted by molar-refractivity contribution is 4.88. The smallest absolute Gasteiger partial charge is 0.248 e. The van der Waals surface area contributed by atoms with Crippen LogP contribution in [-0.4, -0.2) is 64.1 Å². The number of likely N-dealkylation sites (tertiary alicyclic amines) is 1. The van der Waals surface area contributed by atoms with E-state index < -0.39 is 24.2 Å². The quantitative estimate of drug-likeness (QED) is 0.668. The van der Waals surface area contributed by atoms with E-state index in [-0.39, 0.29) is 18.8 Å². The molecule has 3 atom stereocenters. The van der Waals surface area contributed by atoms with Crippen LogP contribution in [0.25, 0.3) is 0 Å². The summed E-state index contributed by atoms with van der Waals surface area (Å²) in [5, 5.41) is 28.5. The standard InChI is InChI=1S/C12H21F2NO3/c13-12(14)3-1-8(2-4-12)5-15-6-9(16)11(18)10(17)7-15/h8-11,16-18H,1-7H2/t9-,10+,11+. The molecule has 1 saturated carbocycles. The van der Waals surface area contributed by atoms with Gasteiger partial charge in [-0.2, -0.15) is 0 Å². The Morgan fingerprint density at radius 1 is 1.00 bits per heavy atom. The van der Waals surface area contributed by atoms with Crippen molar-refractivity contribution in [1.82, 2.24) is 4.90 Å². The Balaban J connectivity index is 1.80. The zero-order valence-electron chi connectivity index (χ0n) is 10.3. The summed E-state index contributed by atoms with van der Waals surface area (Å²) >= 11 is 0. The van der Waals surface area contributed by atoms with Crippen molar-refractivity contribution in [2.24, 2.45) is 5.92 Å². The molecule has 6 heteroatoms. The molecule has 106 valence electrons. The molecule has 0 unspecified atom stereocenters. The number of β-amino-alcohol motifs (C(OH)–C–C–N with tert-alkyl or cyclic N) is 2.